The maximum atomic E-state index is 12.6. The standard InChI is InChI=1S/C37H62O7.C29H44O3.B3.B2.B/c1-28(2)14-11-15-29(3)16-12-17-30(4)18-13-20-37(8,38)21-19-34-33(7)35(43-26-41-24-22-39-9)31(5)32(6)36(34)44-27-42-25-23-40-10;1-20(2)12-9-13-21(3)14-10-15-22(4)16-11-18-29(8,32)19-17-26-25(7)27(30)23(5)24(6)28(26)31;1-3-2;1-2;/h14,16,18,38H,11-13,15,17,19-27H2,1-10H3;12,14,16,32H,9-11,13,15,17-19H2,1-8H3;;;/b29-16+,30-18+;21-14+,22-16+;;;/t37-;29-;;;/m11.../s1. The summed E-state index contributed by atoms with van der Waals surface area (Å²) in [6.07, 6.45) is 27.6. The molecule has 16 heteroatoms. The molecule has 2 N–H and O–H groups in total. The van der Waals surface area contributed by atoms with Gasteiger partial charge in [0.25, 0.3) is 0 Å². The molecule has 2 rings (SSSR count). The lowest BCUT2D eigenvalue weighted by atomic mass is 9.40. The van der Waals surface area contributed by atoms with Crippen molar-refractivity contribution < 1.29 is 48.2 Å². The Morgan fingerprint density at radius 1 is 0.488 bits per heavy atom. The Balaban J connectivity index is -0.00000145. The summed E-state index contributed by atoms with van der Waals surface area (Å²) in [5.74, 6) is 1.50. The number of ketones is 2. The maximum Gasteiger partial charge on any atom is 0.189 e. The van der Waals surface area contributed by atoms with Crippen molar-refractivity contribution >= 4 is 58.0 Å². The molecule has 1 aliphatic carbocycles. The zero-order chi connectivity index (χ0) is 62.1. The fourth-order valence-corrected chi connectivity index (χ4v) is 8.90. The highest BCUT2D eigenvalue weighted by Gasteiger charge is 2.30. The minimum Gasteiger partial charge on any atom is -0.467 e. The van der Waals surface area contributed by atoms with Gasteiger partial charge in [-0.2, -0.15) is 0 Å². The van der Waals surface area contributed by atoms with Crippen LogP contribution in [-0.2, 0) is 35.0 Å². The van der Waals surface area contributed by atoms with Gasteiger partial charge in [-0.05, 0) is 230 Å². The molecule has 2 atom stereocenters. The molecule has 0 saturated heterocycles. The van der Waals surface area contributed by atoms with Crippen LogP contribution in [0.15, 0.2) is 92.2 Å². The van der Waals surface area contributed by atoms with Gasteiger partial charge in [-0.25, -0.2) is 0 Å². The number of allylic oxidation sites excluding steroid dienone is 16. The molecule has 0 aromatic heterocycles. The maximum absolute atomic E-state index is 12.6. The molecule has 10 nitrogen and oxygen atoms in total. The third-order valence-corrected chi connectivity index (χ3v) is 14.5. The summed E-state index contributed by atoms with van der Waals surface area (Å²) in [5, 5.41) is 22.2. The highest BCUT2D eigenvalue weighted by atomic mass is 16.7. The van der Waals surface area contributed by atoms with Crippen molar-refractivity contribution in [1.29, 1.82) is 0 Å². The Morgan fingerprint density at radius 3 is 1.22 bits per heavy atom. The molecule has 0 bridgehead atoms. The summed E-state index contributed by atoms with van der Waals surface area (Å²) in [6, 6.07) is 0. The van der Waals surface area contributed by atoms with E-state index >= 15 is 0 Å². The van der Waals surface area contributed by atoms with Crippen LogP contribution >= 0.6 is 0 Å². The van der Waals surface area contributed by atoms with Crippen molar-refractivity contribution in [3.63, 3.8) is 0 Å². The Morgan fingerprint density at radius 2 is 0.829 bits per heavy atom. The predicted molar refractivity (Wildman–Crippen MR) is 351 cm³/mol. The van der Waals surface area contributed by atoms with Crippen molar-refractivity contribution in [3.05, 3.63) is 114 Å². The lowest BCUT2D eigenvalue weighted by Gasteiger charge is -2.26. The molecule has 0 fully saturated rings. The van der Waals surface area contributed by atoms with Crippen LogP contribution in [0.4, 0.5) is 0 Å². The second-order valence-electron chi connectivity index (χ2n) is 22.5. The van der Waals surface area contributed by atoms with Crippen LogP contribution in [0, 0.1) is 20.8 Å². The van der Waals surface area contributed by atoms with Crippen molar-refractivity contribution in [2.45, 2.75) is 225 Å². The molecule has 82 heavy (non-hydrogen) atoms. The van der Waals surface area contributed by atoms with Gasteiger partial charge >= 0.3 is 0 Å². The molecule has 0 unspecified atom stereocenters. The number of methoxy groups -OCH3 is 2. The number of aliphatic hydroxyl groups is 2. The van der Waals surface area contributed by atoms with E-state index in [1.54, 1.807) is 35.0 Å². The summed E-state index contributed by atoms with van der Waals surface area (Å²) in [5.41, 5.74) is 12.9. The average Bonchev–Trinajstić information content (AvgIpc) is 3.52. The van der Waals surface area contributed by atoms with Crippen molar-refractivity contribution in [3.8, 4) is 11.5 Å². The topological polar surface area (TPSA) is 130 Å². The molecule has 0 aliphatic heterocycles. The lowest BCUT2D eigenvalue weighted by Crippen LogP contribution is -2.26. The third kappa shape index (κ3) is 36.8. The van der Waals surface area contributed by atoms with Crippen LogP contribution < -0.4 is 9.47 Å². The molecule has 0 heterocycles. The normalized spacial score (nSPS) is 14.4. The molecule has 1 aromatic carbocycles. The van der Waals surface area contributed by atoms with Gasteiger partial charge in [0.05, 0.1) is 37.6 Å². The smallest absolute Gasteiger partial charge is 0.189 e. The fourth-order valence-electron chi connectivity index (χ4n) is 8.90. The van der Waals surface area contributed by atoms with Crippen molar-refractivity contribution in [2.24, 2.45) is 0 Å². The summed E-state index contributed by atoms with van der Waals surface area (Å²) >= 11 is 0. The van der Waals surface area contributed by atoms with Gasteiger partial charge in [-0.3, -0.25) is 9.59 Å². The van der Waals surface area contributed by atoms with E-state index in [2.05, 4.69) is 123 Å². The molecule has 0 spiro atoms. The van der Waals surface area contributed by atoms with E-state index in [4.69, 9.17) is 28.4 Å². The van der Waals surface area contributed by atoms with Gasteiger partial charge in [-0.15, -0.1) is 0 Å². The summed E-state index contributed by atoms with van der Waals surface area (Å²) < 4.78 is 33.6. The van der Waals surface area contributed by atoms with Crippen LogP contribution in [0.3, 0.4) is 0 Å². The highest BCUT2D eigenvalue weighted by Crippen LogP contribution is 2.40. The van der Waals surface area contributed by atoms with Gasteiger partial charge in [0.1, 0.15) is 11.5 Å². The van der Waals surface area contributed by atoms with Crippen LogP contribution in [-0.4, -0.2) is 134 Å². The van der Waals surface area contributed by atoms with Crippen LogP contribution in [0.25, 0.3) is 0 Å². The summed E-state index contributed by atoms with van der Waals surface area (Å²) in [6.45, 7) is 34.6. The molecule has 1 aliphatic rings. The number of carbonyl (C=O) groups excluding carboxylic acids is 2. The van der Waals surface area contributed by atoms with E-state index in [0.29, 0.717) is 87.2 Å². The van der Waals surface area contributed by atoms with Gasteiger partial charge in [0.15, 0.2) is 25.2 Å². The zero-order valence-corrected chi connectivity index (χ0v) is 54.6. The lowest BCUT2D eigenvalue weighted by molar-refractivity contribution is -0.116. The third-order valence-electron chi connectivity index (χ3n) is 14.5. The number of carbonyl (C=O) groups is 2. The minimum atomic E-state index is -0.862. The first-order valence-electron chi connectivity index (χ1n) is 29.1. The van der Waals surface area contributed by atoms with Gasteiger partial charge in [0, 0.05) is 88.5 Å². The Labute approximate surface area is 508 Å². The van der Waals surface area contributed by atoms with Gasteiger partial charge < -0.3 is 38.6 Å². The number of ether oxygens (including phenoxy) is 6. The molecule has 1 aromatic rings. The minimum absolute atomic E-state index is 0. The number of benzene rings is 1. The van der Waals surface area contributed by atoms with Crippen molar-refractivity contribution in [2.75, 3.05) is 54.2 Å². The Kier molecular flexibility index (Phi) is 47.7. The Hall–Kier alpha value is -3.77. The van der Waals surface area contributed by atoms with E-state index < -0.39 is 11.2 Å². The van der Waals surface area contributed by atoms with E-state index in [1.807, 2.05) is 34.6 Å². The van der Waals surface area contributed by atoms with Crippen molar-refractivity contribution in [1.82, 2.24) is 0 Å². The molecule has 0 saturated carbocycles. The largest absolute Gasteiger partial charge is 0.467 e. The number of hydrogen-bond acceptors (Lipinski definition) is 10. The van der Waals surface area contributed by atoms with Gasteiger partial charge in [0.2, 0.25) is 0 Å². The van der Waals surface area contributed by atoms with Crippen LogP contribution in [0.1, 0.15) is 209 Å². The van der Waals surface area contributed by atoms with Gasteiger partial charge in [-0.1, -0.05) is 69.9 Å². The van der Waals surface area contributed by atoms with E-state index in [-0.39, 0.29) is 33.6 Å². The first-order chi connectivity index (χ1) is 38.2. The molecular formula is C66H106B6O10. The van der Waals surface area contributed by atoms with Crippen LogP contribution in [0.2, 0.25) is 0 Å². The summed E-state index contributed by atoms with van der Waals surface area (Å²) in [7, 11) is 21.3. The first-order valence-corrected chi connectivity index (χ1v) is 29.1. The molecule has 0 amide bonds. The SMILES string of the molecule is CC(C)=CCC/C(C)=C/CC/C(C)=C/CC[C@@](C)(O)CCC1=C(C)C(=O)C(C)=C(C)C1=O.COCCOCOc1c(C)c(C)c(OCOCCOC)c(CC[C@](C)(O)CC/C=C(\C)CC/C=C(\C)CCC=C(C)C)c1C.[B].[B][B].[B][B][B]. The number of rotatable bonds is 36. The van der Waals surface area contributed by atoms with E-state index in [0.717, 1.165) is 105 Å². The number of hydrogen-bond donors (Lipinski definition) is 2. The monoisotopic (exact) mass is 1120 g/mol. The molecular weight excluding hydrogens is 1020 g/mol. The molecule has 448 valence electrons. The molecule has 12 radical (unpaired) electrons. The first kappa shape index (κ1) is 82.4. The number of Topliss-reactive ketones (excluding diaryl/α,β-unsaturated/α-hetero) is 2. The fraction of sp³-hybridized carbons (Fsp3) is 0.636. The second kappa shape index (κ2) is 47.5. The zero-order valence-electron chi connectivity index (χ0n) is 54.6. The predicted octanol–water partition coefficient (Wildman–Crippen LogP) is 13.7. The Bertz CT molecular complexity index is 2260. The van der Waals surface area contributed by atoms with Crippen LogP contribution in [0.5, 0.6) is 11.5 Å². The van der Waals surface area contributed by atoms with E-state index in [1.165, 1.54) is 33.4 Å². The van der Waals surface area contributed by atoms with E-state index in [9.17, 15) is 19.8 Å². The highest BCUT2D eigenvalue weighted by molar-refractivity contribution is 7.17. The quantitative estimate of drug-likeness (QED) is 0.0220. The second-order valence-corrected chi connectivity index (χ2v) is 22.5. The summed E-state index contributed by atoms with van der Waals surface area (Å²) in [4.78, 5) is 24.9. The average molecular weight is 1120 g/mol.